The summed E-state index contributed by atoms with van der Waals surface area (Å²) >= 11 is 1.68. The Morgan fingerprint density at radius 2 is 2.09 bits per heavy atom. The van der Waals surface area contributed by atoms with E-state index in [1.807, 2.05) is 6.07 Å². The molecule has 3 rings (SSSR count). The van der Waals surface area contributed by atoms with Gasteiger partial charge in [0.05, 0.1) is 0 Å². The van der Waals surface area contributed by atoms with Gasteiger partial charge in [-0.15, -0.1) is 0 Å². The molecule has 1 aliphatic heterocycles. The zero-order chi connectivity index (χ0) is 15.2. The van der Waals surface area contributed by atoms with E-state index in [2.05, 4.69) is 37.0 Å². The summed E-state index contributed by atoms with van der Waals surface area (Å²) in [6, 6.07) is 4.18. The van der Waals surface area contributed by atoms with E-state index in [4.69, 9.17) is 0 Å². The molecule has 5 nitrogen and oxygen atoms in total. The minimum atomic E-state index is 0.153. The van der Waals surface area contributed by atoms with Crippen LogP contribution in [-0.4, -0.2) is 35.0 Å². The van der Waals surface area contributed by atoms with Gasteiger partial charge in [0, 0.05) is 37.9 Å². The maximum absolute atomic E-state index is 12.0. The molecule has 0 aromatic carbocycles. The molecule has 2 aromatic heterocycles. The number of carbonyl (C=O) groups excluding carboxylic acids is 1. The Labute approximate surface area is 134 Å². The summed E-state index contributed by atoms with van der Waals surface area (Å²) in [7, 11) is 0. The van der Waals surface area contributed by atoms with Crippen molar-refractivity contribution in [3.05, 3.63) is 40.8 Å². The normalized spacial score (nSPS) is 15.7. The topological polar surface area (TPSA) is 58.1 Å². The monoisotopic (exact) mass is 316 g/mol. The summed E-state index contributed by atoms with van der Waals surface area (Å²) < 4.78 is 0. The van der Waals surface area contributed by atoms with Crippen LogP contribution in [0.2, 0.25) is 0 Å². The molecule has 116 valence electrons. The number of carbonyl (C=O) groups is 1. The molecule has 0 aliphatic carbocycles. The van der Waals surface area contributed by atoms with Crippen LogP contribution in [0.3, 0.4) is 0 Å². The first-order valence-corrected chi connectivity index (χ1v) is 8.58. The zero-order valence-corrected chi connectivity index (χ0v) is 13.3. The largest absolute Gasteiger partial charge is 0.353 e. The van der Waals surface area contributed by atoms with Crippen LogP contribution in [-0.2, 0) is 11.2 Å². The predicted molar refractivity (Wildman–Crippen MR) is 88.0 cm³/mol. The second kappa shape index (κ2) is 7.35. The van der Waals surface area contributed by atoms with Gasteiger partial charge in [0.15, 0.2) is 0 Å². The number of nitrogens with one attached hydrogen (secondary N) is 1. The van der Waals surface area contributed by atoms with Crippen LogP contribution in [0, 0.1) is 0 Å². The molecular weight excluding hydrogens is 296 g/mol. The minimum absolute atomic E-state index is 0.153. The molecule has 1 amide bonds. The first-order chi connectivity index (χ1) is 10.8. The second-order valence-corrected chi connectivity index (χ2v) is 6.29. The van der Waals surface area contributed by atoms with Crippen LogP contribution in [0.1, 0.15) is 24.8 Å². The molecule has 0 spiro atoms. The Kier molecular flexibility index (Phi) is 5.00. The Bertz CT molecular complexity index is 579. The van der Waals surface area contributed by atoms with Crippen LogP contribution in [0.25, 0.3) is 0 Å². The van der Waals surface area contributed by atoms with Gasteiger partial charge in [0.1, 0.15) is 0 Å². The highest BCUT2D eigenvalue weighted by atomic mass is 32.1. The van der Waals surface area contributed by atoms with E-state index >= 15 is 0 Å². The summed E-state index contributed by atoms with van der Waals surface area (Å²) in [6.07, 6.45) is 6.82. The van der Waals surface area contributed by atoms with Crippen molar-refractivity contribution in [2.24, 2.45) is 0 Å². The fourth-order valence-electron chi connectivity index (χ4n) is 2.67. The lowest BCUT2D eigenvalue weighted by Gasteiger charge is -2.32. The molecule has 0 bridgehead atoms. The van der Waals surface area contributed by atoms with Crippen molar-refractivity contribution >= 4 is 23.2 Å². The summed E-state index contributed by atoms with van der Waals surface area (Å²) in [5, 5.41) is 7.30. The lowest BCUT2D eigenvalue weighted by atomic mass is 10.0. The molecule has 0 unspecified atom stereocenters. The Balaban J connectivity index is 1.41. The predicted octanol–water partition coefficient (Wildman–Crippen LogP) is 2.26. The van der Waals surface area contributed by atoms with Crippen molar-refractivity contribution in [3.8, 4) is 0 Å². The molecule has 1 aliphatic rings. The number of piperidine rings is 1. The molecule has 0 atom stereocenters. The second-order valence-electron chi connectivity index (χ2n) is 5.51. The highest BCUT2D eigenvalue weighted by molar-refractivity contribution is 7.07. The van der Waals surface area contributed by atoms with Gasteiger partial charge in [-0.25, -0.2) is 9.97 Å². The lowest BCUT2D eigenvalue weighted by molar-refractivity contribution is -0.121. The molecule has 2 aromatic rings. The minimum Gasteiger partial charge on any atom is -0.353 e. The number of hydrogen-bond acceptors (Lipinski definition) is 5. The van der Waals surface area contributed by atoms with Crippen LogP contribution in [0.15, 0.2) is 35.3 Å². The average molecular weight is 316 g/mol. The van der Waals surface area contributed by atoms with E-state index in [0.29, 0.717) is 6.42 Å². The molecule has 1 fully saturated rings. The third-order valence-corrected chi connectivity index (χ3v) is 4.65. The number of amides is 1. The summed E-state index contributed by atoms with van der Waals surface area (Å²) in [5.41, 5.74) is 1.25. The van der Waals surface area contributed by atoms with Gasteiger partial charge in [-0.05, 0) is 47.7 Å². The third-order valence-electron chi connectivity index (χ3n) is 3.92. The molecule has 1 N–H and O–H groups in total. The van der Waals surface area contributed by atoms with Gasteiger partial charge in [-0.1, -0.05) is 0 Å². The zero-order valence-electron chi connectivity index (χ0n) is 12.4. The molecular formula is C16H20N4OS. The summed E-state index contributed by atoms with van der Waals surface area (Å²) in [4.78, 5) is 22.7. The van der Waals surface area contributed by atoms with E-state index in [-0.39, 0.29) is 11.9 Å². The van der Waals surface area contributed by atoms with E-state index in [0.717, 1.165) is 38.3 Å². The van der Waals surface area contributed by atoms with Gasteiger partial charge >= 0.3 is 0 Å². The molecule has 22 heavy (non-hydrogen) atoms. The van der Waals surface area contributed by atoms with Crippen molar-refractivity contribution in [1.29, 1.82) is 0 Å². The van der Waals surface area contributed by atoms with E-state index in [1.165, 1.54) is 5.56 Å². The van der Waals surface area contributed by atoms with Crippen molar-refractivity contribution < 1.29 is 4.79 Å². The fourth-order valence-corrected chi connectivity index (χ4v) is 3.37. The van der Waals surface area contributed by atoms with Gasteiger partial charge in [-0.2, -0.15) is 11.3 Å². The van der Waals surface area contributed by atoms with Gasteiger partial charge in [-0.3, -0.25) is 4.79 Å². The van der Waals surface area contributed by atoms with E-state index in [1.54, 1.807) is 23.7 Å². The number of thiophene rings is 1. The Morgan fingerprint density at radius 3 is 2.77 bits per heavy atom. The standard InChI is InChI=1S/C16H20N4OS/c21-15(3-2-13-6-11-22-12-13)19-14-4-9-20(10-5-14)16-17-7-1-8-18-16/h1,6-8,11-12,14H,2-5,9-10H2,(H,19,21). The fraction of sp³-hybridized carbons (Fsp3) is 0.438. The lowest BCUT2D eigenvalue weighted by Crippen LogP contribution is -2.45. The van der Waals surface area contributed by atoms with Crippen molar-refractivity contribution in [3.63, 3.8) is 0 Å². The first kappa shape index (κ1) is 15.0. The SMILES string of the molecule is O=C(CCc1ccsc1)NC1CCN(c2ncccn2)CC1. The maximum Gasteiger partial charge on any atom is 0.225 e. The van der Waals surface area contributed by atoms with Crippen LogP contribution in [0.4, 0.5) is 5.95 Å². The summed E-state index contributed by atoms with van der Waals surface area (Å²) in [5.74, 6) is 0.936. The van der Waals surface area contributed by atoms with Gasteiger partial charge in [0.2, 0.25) is 11.9 Å². The Hall–Kier alpha value is -1.95. The molecule has 0 radical (unpaired) electrons. The quantitative estimate of drug-likeness (QED) is 0.919. The van der Waals surface area contributed by atoms with E-state index < -0.39 is 0 Å². The van der Waals surface area contributed by atoms with Crippen molar-refractivity contribution in [2.75, 3.05) is 18.0 Å². The van der Waals surface area contributed by atoms with Crippen molar-refractivity contribution in [1.82, 2.24) is 15.3 Å². The number of nitrogens with zero attached hydrogens (tertiary/aromatic N) is 3. The molecule has 1 saturated heterocycles. The maximum atomic E-state index is 12.0. The highest BCUT2D eigenvalue weighted by Crippen LogP contribution is 2.15. The third kappa shape index (κ3) is 4.04. The van der Waals surface area contributed by atoms with E-state index in [9.17, 15) is 4.79 Å². The van der Waals surface area contributed by atoms with Crippen LogP contribution < -0.4 is 10.2 Å². The molecule has 0 saturated carbocycles. The number of hydrogen-bond donors (Lipinski definition) is 1. The molecule has 3 heterocycles. The van der Waals surface area contributed by atoms with Crippen LogP contribution >= 0.6 is 11.3 Å². The van der Waals surface area contributed by atoms with Gasteiger partial charge < -0.3 is 10.2 Å². The molecule has 6 heteroatoms. The first-order valence-electron chi connectivity index (χ1n) is 7.63. The number of aryl methyl sites for hydroxylation is 1. The van der Waals surface area contributed by atoms with Gasteiger partial charge in [0.25, 0.3) is 0 Å². The summed E-state index contributed by atoms with van der Waals surface area (Å²) in [6.45, 7) is 1.78. The Morgan fingerprint density at radius 1 is 1.32 bits per heavy atom. The highest BCUT2D eigenvalue weighted by Gasteiger charge is 2.21. The van der Waals surface area contributed by atoms with Crippen LogP contribution in [0.5, 0.6) is 0 Å². The average Bonchev–Trinajstić information content (AvgIpc) is 3.08. The van der Waals surface area contributed by atoms with Crippen molar-refractivity contribution in [2.45, 2.75) is 31.7 Å². The number of anilines is 1. The number of aromatic nitrogens is 2. The number of rotatable bonds is 5. The smallest absolute Gasteiger partial charge is 0.225 e.